The molecule has 3 rings (SSSR count). The highest BCUT2D eigenvalue weighted by molar-refractivity contribution is 5.78. The maximum Gasteiger partial charge on any atom is 0.234 e. The van der Waals surface area contributed by atoms with Gasteiger partial charge in [0.05, 0.1) is 19.8 Å². The number of β-amino-alcohol motifs (C(OH)–C–C–N with tert-alkyl or cyclic N) is 1. The van der Waals surface area contributed by atoms with Crippen LogP contribution in [0.15, 0.2) is 24.3 Å². The van der Waals surface area contributed by atoms with Gasteiger partial charge in [-0.1, -0.05) is 25.0 Å². The fourth-order valence-corrected chi connectivity index (χ4v) is 3.78. The molecule has 1 heterocycles. The summed E-state index contributed by atoms with van der Waals surface area (Å²) in [5.41, 5.74) is 1.09. The van der Waals surface area contributed by atoms with Gasteiger partial charge in [-0.25, -0.2) is 0 Å². The molecule has 1 aliphatic carbocycles. The van der Waals surface area contributed by atoms with Crippen LogP contribution in [0.5, 0.6) is 5.75 Å². The number of carbonyl (C=O) groups is 1. The van der Waals surface area contributed by atoms with Gasteiger partial charge in [0.25, 0.3) is 0 Å². The van der Waals surface area contributed by atoms with Gasteiger partial charge in [0, 0.05) is 18.6 Å². The number of rotatable bonds is 5. The van der Waals surface area contributed by atoms with Crippen LogP contribution in [0.1, 0.15) is 43.7 Å². The predicted molar refractivity (Wildman–Crippen MR) is 88.3 cm³/mol. The first-order valence-corrected chi connectivity index (χ1v) is 8.51. The molecular formula is C18H26N2O3. The number of methoxy groups -OCH3 is 1. The van der Waals surface area contributed by atoms with Crippen LogP contribution in [0.2, 0.25) is 0 Å². The van der Waals surface area contributed by atoms with Crippen molar-refractivity contribution in [2.45, 2.75) is 50.3 Å². The molecule has 1 aromatic carbocycles. The Morgan fingerprint density at radius 3 is 2.91 bits per heavy atom. The number of benzene rings is 1. The highest BCUT2D eigenvalue weighted by Gasteiger charge is 2.33. The zero-order valence-electron chi connectivity index (χ0n) is 13.7. The second kappa shape index (κ2) is 7.32. The van der Waals surface area contributed by atoms with E-state index in [4.69, 9.17) is 4.74 Å². The smallest absolute Gasteiger partial charge is 0.234 e. The first-order valence-electron chi connectivity index (χ1n) is 8.51. The minimum Gasteiger partial charge on any atom is -0.497 e. The lowest BCUT2D eigenvalue weighted by Gasteiger charge is -2.25. The average Bonchev–Trinajstić information content (AvgIpc) is 3.17. The Bertz CT molecular complexity index is 543. The van der Waals surface area contributed by atoms with Crippen molar-refractivity contribution in [2.24, 2.45) is 0 Å². The van der Waals surface area contributed by atoms with Crippen molar-refractivity contribution in [1.29, 1.82) is 0 Å². The van der Waals surface area contributed by atoms with Gasteiger partial charge in [-0.3, -0.25) is 9.69 Å². The van der Waals surface area contributed by atoms with E-state index in [0.717, 1.165) is 24.2 Å². The first-order chi connectivity index (χ1) is 11.2. The molecule has 2 atom stereocenters. The minimum absolute atomic E-state index is 0.0643. The SMILES string of the molecule is COc1cccc([C@@H]2C[C@H](O)CN2CC(=O)NC2CCCC2)c1. The summed E-state index contributed by atoms with van der Waals surface area (Å²) < 4.78 is 5.29. The van der Waals surface area contributed by atoms with Crippen molar-refractivity contribution in [3.05, 3.63) is 29.8 Å². The fourth-order valence-electron chi connectivity index (χ4n) is 3.78. The van der Waals surface area contributed by atoms with Gasteiger partial charge in [0.1, 0.15) is 5.75 Å². The van der Waals surface area contributed by atoms with E-state index in [-0.39, 0.29) is 18.1 Å². The van der Waals surface area contributed by atoms with E-state index < -0.39 is 0 Å². The van der Waals surface area contributed by atoms with Crippen LogP contribution in [-0.2, 0) is 4.79 Å². The lowest BCUT2D eigenvalue weighted by atomic mass is 10.0. The molecule has 2 fully saturated rings. The molecule has 0 unspecified atom stereocenters. The lowest BCUT2D eigenvalue weighted by Crippen LogP contribution is -2.41. The van der Waals surface area contributed by atoms with Crippen LogP contribution in [0.25, 0.3) is 0 Å². The van der Waals surface area contributed by atoms with Crippen molar-refractivity contribution in [1.82, 2.24) is 10.2 Å². The van der Waals surface area contributed by atoms with Crippen LogP contribution < -0.4 is 10.1 Å². The molecule has 1 saturated carbocycles. The Labute approximate surface area is 137 Å². The second-order valence-electron chi connectivity index (χ2n) is 6.66. The molecule has 0 radical (unpaired) electrons. The second-order valence-corrected chi connectivity index (χ2v) is 6.66. The van der Waals surface area contributed by atoms with Gasteiger partial charge in [0.2, 0.25) is 5.91 Å². The summed E-state index contributed by atoms with van der Waals surface area (Å²) in [6, 6.07) is 8.29. The molecule has 23 heavy (non-hydrogen) atoms. The van der Waals surface area contributed by atoms with Crippen LogP contribution in [0.4, 0.5) is 0 Å². The molecule has 1 saturated heterocycles. The summed E-state index contributed by atoms with van der Waals surface area (Å²) in [4.78, 5) is 14.4. The van der Waals surface area contributed by atoms with Crippen LogP contribution in [0.3, 0.4) is 0 Å². The van der Waals surface area contributed by atoms with Crippen molar-refractivity contribution in [3.8, 4) is 5.75 Å². The molecule has 1 aromatic rings. The van der Waals surface area contributed by atoms with Crippen molar-refractivity contribution in [2.75, 3.05) is 20.2 Å². The van der Waals surface area contributed by atoms with Crippen LogP contribution in [-0.4, -0.2) is 48.3 Å². The predicted octanol–water partition coefficient (Wildman–Crippen LogP) is 1.86. The molecule has 5 heteroatoms. The maximum absolute atomic E-state index is 12.3. The zero-order chi connectivity index (χ0) is 16.2. The Balaban J connectivity index is 1.65. The summed E-state index contributed by atoms with van der Waals surface area (Å²) >= 11 is 0. The van der Waals surface area contributed by atoms with E-state index in [9.17, 15) is 9.90 Å². The Morgan fingerprint density at radius 1 is 1.39 bits per heavy atom. The molecular weight excluding hydrogens is 292 g/mol. The largest absolute Gasteiger partial charge is 0.497 e. The van der Waals surface area contributed by atoms with Crippen LogP contribution in [0, 0.1) is 0 Å². The highest BCUT2D eigenvalue weighted by Crippen LogP contribution is 2.33. The number of ether oxygens (including phenoxy) is 1. The number of amides is 1. The molecule has 0 spiro atoms. The summed E-state index contributed by atoms with van der Waals surface area (Å²) in [5.74, 6) is 0.873. The number of nitrogens with zero attached hydrogens (tertiary/aromatic N) is 1. The van der Waals surface area contributed by atoms with Crippen molar-refractivity contribution < 1.29 is 14.6 Å². The summed E-state index contributed by atoms with van der Waals surface area (Å²) in [5, 5.41) is 13.2. The highest BCUT2D eigenvalue weighted by atomic mass is 16.5. The normalized spacial score (nSPS) is 25.7. The number of aliphatic hydroxyl groups is 1. The summed E-state index contributed by atoms with van der Waals surface area (Å²) in [6.07, 6.45) is 4.87. The first kappa shape index (κ1) is 16.3. The lowest BCUT2D eigenvalue weighted by molar-refractivity contribution is -0.123. The molecule has 2 aliphatic rings. The number of nitrogens with one attached hydrogen (secondary N) is 1. The number of aliphatic hydroxyl groups excluding tert-OH is 1. The molecule has 1 amide bonds. The third kappa shape index (κ3) is 4.03. The number of hydrogen-bond donors (Lipinski definition) is 2. The van der Waals surface area contributed by atoms with Gasteiger partial charge in [0.15, 0.2) is 0 Å². The van der Waals surface area contributed by atoms with Gasteiger partial charge in [-0.2, -0.15) is 0 Å². The molecule has 2 N–H and O–H groups in total. The molecule has 5 nitrogen and oxygen atoms in total. The monoisotopic (exact) mass is 318 g/mol. The Kier molecular flexibility index (Phi) is 5.18. The molecule has 0 aromatic heterocycles. The minimum atomic E-state index is -0.384. The number of likely N-dealkylation sites (tertiary alicyclic amines) is 1. The third-order valence-corrected chi connectivity index (χ3v) is 4.93. The molecule has 126 valence electrons. The summed E-state index contributed by atoms with van der Waals surface area (Å²) in [6.45, 7) is 0.884. The summed E-state index contributed by atoms with van der Waals surface area (Å²) in [7, 11) is 1.65. The molecule has 0 bridgehead atoms. The Hall–Kier alpha value is -1.59. The topological polar surface area (TPSA) is 61.8 Å². The number of carbonyl (C=O) groups excluding carboxylic acids is 1. The van der Waals surface area contributed by atoms with Gasteiger partial charge in [-0.15, -0.1) is 0 Å². The fraction of sp³-hybridized carbons (Fsp3) is 0.611. The van der Waals surface area contributed by atoms with Gasteiger partial charge in [-0.05, 0) is 37.0 Å². The van der Waals surface area contributed by atoms with E-state index in [1.54, 1.807) is 7.11 Å². The maximum atomic E-state index is 12.3. The average molecular weight is 318 g/mol. The van der Waals surface area contributed by atoms with Crippen molar-refractivity contribution in [3.63, 3.8) is 0 Å². The quantitative estimate of drug-likeness (QED) is 0.870. The molecule has 1 aliphatic heterocycles. The van der Waals surface area contributed by atoms with E-state index in [2.05, 4.69) is 10.2 Å². The van der Waals surface area contributed by atoms with E-state index >= 15 is 0 Å². The Morgan fingerprint density at radius 2 is 2.17 bits per heavy atom. The van der Waals surface area contributed by atoms with Gasteiger partial charge >= 0.3 is 0 Å². The van der Waals surface area contributed by atoms with E-state index in [0.29, 0.717) is 25.6 Å². The number of hydrogen-bond acceptors (Lipinski definition) is 4. The zero-order valence-corrected chi connectivity index (χ0v) is 13.7. The standard InChI is InChI=1S/C18H26N2O3/c1-23-16-8-4-5-13(9-16)17-10-15(21)11-20(17)12-18(22)19-14-6-2-3-7-14/h4-5,8-9,14-15,17,21H,2-3,6-7,10-12H2,1H3,(H,19,22)/t15-,17-/m0/s1. The third-order valence-electron chi connectivity index (χ3n) is 4.93. The van der Waals surface area contributed by atoms with E-state index in [1.165, 1.54) is 12.8 Å². The van der Waals surface area contributed by atoms with E-state index in [1.807, 2.05) is 24.3 Å². The van der Waals surface area contributed by atoms with Crippen LogP contribution >= 0.6 is 0 Å². The van der Waals surface area contributed by atoms with Crippen molar-refractivity contribution >= 4 is 5.91 Å². The van der Waals surface area contributed by atoms with Gasteiger partial charge < -0.3 is 15.2 Å².